The van der Waals surface area contributed by atoms with E-state index in [4.69, 9.17) is 0 Å². The van der Waals surface area contributed by atoms with Gasteiger partial charge < -0.3 is 0 Å². The predicted octanol–water partition coefficient (Wildman–Crippen LogP) is 2.61. The summed E-state index contributed by atoms with van der Waals surface area (Å²) in [5.41, 5.74) is 0.688. The van der Waals surface area contributed by atoms with Gasteiger partial charge in [-0.25, -0.2) is 0 Å². The molecule has 1 saturated carbocycles. The van der Waals surface area contributed by atoms with E-state index in [1.54, 1.807) is 0 Å². The molecule has 0 aliphatic heterocycles. The first kappa shape index (κ1) is 9.45. The summed E-state index contributed by atoms with van der Waals surface area (Å²) in [4.78, 5) is 11.8. The molecule has 0 unspecified atom stereocenters. The zero-order chi connectivity index (χ0) is 10.2. The number of Topliss-reactive ketones (excluding diaryl/α,β-unsaturated/α-hetero) is 1. The number of hydrogen-bond acceptors (Lipinski definition) is 2. The molecule has 0 spiro atoms. The van der Waals surface area contributed by atoms with E-state index in [0.29, 0.717) is 18.8 Å². The molecule has 2 rings (SSSR count). The van der Waals surface area contributed by atoms with Crippen LogP contribution in [0.5, 0.6) is 0 Å². The number of carbonyl (C=O) groups excluding carboxylic acids is 1. The number of nitriles is 1. The van der Waals surface area contributed by atoms with Crippen molar-refractivity contribution in [3.05, 3.63) is 11.6 Å². The van der Waals surface area contributed by atoms with Crippen molar-refractivity contribution >= 4 is 5.78 Å². The van der Waals surface area contributed by atoms with E-state index in [2.05, 4.69) is 19.1 Å². The van der Waals surface area contributed by atoms with Crippen molar-refractivity contribution in [2.45, 2.75) is 39.0 Å². The van der Waals surface area contributed by atoms with Gasteiger partial charge in [-0.3, -0.25) is 4.79 Å². The zero-order valence-electron chi connectivity index (χ0n) is 8.55. The third-order valence-corrected chi connectivity index (χ3v) is 3.69. The van der Waals surface area contributed by atoms with Crippen LogP contribution < -0.4 is 0 Å². The average Bonchev–Trinajstić information content (AvgIpc) is 2.18. The quantitative estimate of drug-likeness (QED) is 0.549. The molecule has 2 nitrogen and oxygen atoms in total. The van der Waals surface area contributed by atoms with Gasteiger partial charge in [-0.15, -0.1) is 0 Å². The van der Waals surface area contributed by atoms with Crippen molar-refractivity contribution in [2.75, 3.05) is 0 Å². The molecular weight excluding hydrogens is 174 g/mol. The molecule has 0 N–H and O–H groups in total. The molecule has 0 heterocycles. The van der Waals surface area contributed by atoms with E-state index < -0.39 is 5.41 Å². The van der Waals surface area contributed by atoms with Gasteiger partial charge in [0, 0.05) is 6.42 Å². The molecule has 2 aliphatic carbocycles. The minimum absolute atomic E-state index is 0.181. The van der Waals surface area contributed by atoms with Crippen molar-refractivity contribution in [1.29, 1.82) is 5.26 Å². The van der Waals surface area contributed by atoms with Crippen molar-refractivity contribution in [1.82, 2.24) is 0 Å². The van der Waals surface area contributed by atoms with Gasteiger partial charge in [-0.1, -0.05) is 11.6 Å². The number of hydrogen-bond donors (Lipinski definition) is 0. The second-order valence-electron chi connectivity index (χ2n) is 4.55. The smallest absolute Gasteiger partial charge is 0.153 e. The molecule has 0 bridgehead atoms. The Hall–Kier alpha value is -1.10. The normalized spacial score (nSPS) is 37.0. The van der Waals surface area contributed by atoms with E-state index in [-0.39, 0.29) is 5.78 Å². The summed E-state index contributed by atoms with van der Waals surface area (Å²) in [6, 6.07) is 2.30. The van der Waals surface area contributed by atoms with Crippen LogP contribution in [-0.4, -0.2) is 5.78 Å². The molecular formula is C12H15NO. The number of ketones is 1. The van der Waals surface area contributed by atoms with Crippen LogP contribution >= 0.6 is 0 Å². The highest BCUT2D eigenvalue weighted by Crippen LogP contribution is 2.47. The summed E-state index contributed by atoms with van der Waals surface area (Å²) in [5, 5.41) is 9.23. The van der Waals surface area contributed by atoms with Crippen LogP contribution in [0.15, 0.2) is 11.6 Å². The molecule has 0 aromatic rings. The summed E-state index contributed by atoms with van der Waals surface area (Å²) in [6.45, 7) is 2.10. The van der Waals surface area contributed by atoms with E-state index in [9.17, 15) is 10.1 Å². The Morgan fingerprint density at radius 3 is 3.14 bits per heavy atom. The van der Waals surface area contributed by atoms with Gasteiger partial charge in [0.2, 0.25) is 0 Å². The van der Waals surface area contributed by atoms with Crippen LogP contribution in [0.4, 0.5) is 0 Å². The molecule has 0 radical (unpaired) electrons. The maximum atomic E-state index is 11.8. The van der Waals surface area contributed by atoms with Crippen molar-refractivity contribution < 1.29 is 4.79 Å². The van der Waals surface area contributed by atoms with Crippen LogP contribution in [0.3, 0.4) is 0 Å². The lowest BCUT2D eigenvalue weighted by atomic mass is 9.60. The summed E-state index contributed by atoms with van der Waals surface area (Å²) in [5.74, 6) is 0.471. The number of nitrogens with zero attached hydrogens (tertiary/aromatic N) is 1. The molecule has 2 heteroatoms. The molecule has 74 valence electrons. The number of rotatable bonds is 0. The van der Waals surface area contributed by atoms with Gasteiger partial charge in [0.15, 0.2) is 5.78 Å². The Morgan fingerprint density at radius 1 is 1.64 bits per heavy atom. The largest absolute Gasteiger partial charge is 0.298 e. The van der Waals surface area contributed by atoms with Crippen LogP contribution in [-0.2, 0) is 4.79 Å². The number of carbonyl (C=O) groups is 1. The molecule has 0 amide bonds. The standard InChI is InChI=1S/C12H15NO/c1-9-5-6-12(8-13)10(7-9)3-2-4-11(12)14/h5,10H,2-4,6-7H2,1H3/t10-,12-/m0/s1. The van der Waals surface area contributed by atoms with Crippen LogP contribution in [0.2, 0.25) is 0 Å². The molecule has 0 saturated heterocycles. The summed E-state index contributed by atoms with van der Waals surface area (Å²) >= 11 is 0. The van der Waals surface area contributed by atoms with Crippen molar-refractivity contribution in [3.8, 4) is 6.07 Å². The van der Waals surface area contributed by atoms with Crippen LogP contribution in [0, 0.1) is 22.7 Å². The van der Waals surface area contributed by atoms with Gasteiger partial charge in [-0.2, -0.15) is 5.26 Å². The third kappa shape index (κ3) is 1.19. The van der Waals surface area contributed by atoms with Crippen molar-refractivity contribution in [3.63, 3.8) is 0 Å². The Morgan fingerprint density at radius 2 is 2.43 bits per heavy atom. The first-order valence-corrected chi connectivity index (χ1v) is 5.29. The van der Waals surface area contributed by atoms with E-state index in [0.717, 1.165) is 19.3 Å². The molecule has 0 aromatic heterocycles. The minimum Gasteiger partial charge on any atom is -0.298 e. The fraction of sp³-hybridized carbons (Fsp3) is 0.667. The third-order valence-electron chi connectivity index (χ3n) is 3.69. The summed E-state index contributed by atoms with van der Waals surface area (Å²) < 4.78 is 0. The van der Waals surface area contributed by atoms with Gasteiger partial charge in [0.25, 0.3) is 0 Å². The Bertz CT molecular complexity index is 337. The van der Waals surface area contributed by atoms with E-state index >= 15 is 0 Å². The number of fused-ring (bicyclic) bond motifs is 1. The molecule has 2 atom stereocenters. The zero-order valence-corrected chi connectivity index (χ0v) is 8.55. The van der Waals surface area contributed by atoms with Gasteiger partial charge in [0.05, 0.1) is 6.07 Å². The lowest BCUT2D eigenvalue weighted by Gasteiger charge is -2.40. The molecule has 0 aromatic carbocycles. The monoisotopic (exact) mass is 189 g/mol. The van der Waals surface area contributed by atoms with E-state index in [1.165, 1.54) is 5.57 Å². The highest BCUT2D eigenvalue weighted by Gasteiger charge is 2.48. The van der Waals surface area contributed by atoms with Crippen LogP contribution in [0.1, 0.15) is 39.0 Å². The SMILES string of the molecule is CC1=CC[C@@]2(C#N)C(=O)CCC[C@H]2C1. The molecule has 1 fully saturated rings. The maximum Gasteiger partial charge on any atom is 0.153 e. The second-order valence-corrected chi connectivity index (χ2v) is 4.55. The summed E-state index contributed by atoms with van der Waals surface area (Å²) in [6.07, 6.45) is 6.29. The first-order valence-electron chi connectivity index (χ1n) is 5.29. The first-order chi connectivity index (χ1) is 6.69. The van der Waals surface area contributed by atoms with E-state index in [1.807, 2.05) is 0 Å². The van der Waals surface area contributed by atoms with Gasteiger partial charge >= 0.3 is 0 Å². The van der Waals surface area contributed by atoms with Gasteiger partial charge in [0.1, 0.15) is 5.41 Å². The molecule has 14 heavy (non-hydrogen) atoms. The lowest BCUT2D eigenvalue weighted by molar-refractivity contribution is -0.131. The number of allylic oxidation sites excluding steroid dienone is 2. The van der Waals surface area contributed by atoms with Gasteiger partial charge in [-0.05, 0) is 38.5 Å². The Balaban J connectivity index is 2.37. The van der Waals surface area contributed by atoms with Crippen molar-refractivity contribution in [2.24, 2.45) is 11.3 Å². The summed E-state index contributed by atoms with van der Waals surface area (Å²) in [7, 11) is 0. The Labute approximate surface area is 84.6 Å². The lowest BCUT2D eigenvalue weighted by Crippen LogP contribution is -2.42. The maximum absolute atomic E-state index is 11.8. The Kier molecular flexibility index (Phi) is 2.19. The predicted molar refractivity (Wildman–Crippen MR) is 53.4 cm³/mol. The fourth-order valence-electron chi connectivity index (χ4n) is 2.77. The van der Waals surface area contributed by atoms with Crippen LogP contribution in [0.25, 0.3) is 0 Å². The highest BCUT2D eigenvalue weighted by molar-refractivity contribution is 5.89. The molecule has 2 aliphatic rings. The highest BCUT2D eigenvalue weighted by atomic mass is 16.1. The average molecular weight is 189 g/mol. The second kappa shape index (κ2) is 3.24. The minimum atomic E-state index is -0.655. The fourth-order valence-corrected chi connectivity index (χ4v) is 2.77. The topological polar surface area (TPSA) is 40.9 Å².